The van der Waals surface area contributed by atoms with E-state index in [0.29, 0.717) is 41.2 Å². The summed E-state index contributed by atoms with van der Waals surface area (Å²) in [4.78, 5) is 12.4. The maximum atomic E-state index is 14.5. The van der Waals surface area contributed by atoms with Gasteiger partial charge >= 0.3 is 0 Å². The number of hydrogen-bond donors (Lipinski definition) is 3. The van der Waals surface area contributed by atoms with Crippen molar-refractivity contribution in [3.8, 4) is 16.9 Å². The smallest absolute Gasteiger partial charge is 0.254 e. The minimum absolute atomic E-state index is 0.00622. The number of alkyl halides is 1. The first-order valence-corrected chi connectivity index (χ1v) is 11.1. The second kappa shape index (κ2) is 8.86. The molecule has 1 aromatic carbocycles. The number of carbonyl (C=O) groups excluding carboxylic acids is 1. The van der Waals surface area contributed by atoms with Crippen LogP contribution in [-0.4, -0.2) is 57.2 Å². The molecule has 3 aromatic rings. The summed E-state index contributed by atoms with van der Waals surface area (Å²) < 4.78 is 30.2. The van der Waals surface area contributed by atoms with Crippen LogP contribution in [0, 0.1) is 12.7 Å². The highest BCUT2D eigenvalue weighted by Gasteiger charge is 2.26. The van der Waals surface area contributed by atoms with Crippen molar-refractivity contribution in [2.75, 3.05) is 18.4 Å². The van der Waals surface area contributed by atoms with Crippen molar-refractivity contribution in [1.82, 2.24) is 30.6 Å². The number of anilines is 1. The summed E-state index contributed by atoms with van der Waals surface area (Å²) in [5, 5.41) is 21.7. The zero-order chi connectivity index (χ0) is 22.9. The monoisotopic (exact) mass is 453 g/mol. The van der Waals surface area contributed by atoms with Crippen LogP contribution in [0.2, 0.25) is 0 Å². The Morgan fingerprint density at radius 2 is 2.06 bits per heavy atom. The van der Waals surface area contributed by atoms with Crippen molar-refractivity contribution in [2.24, 2.45) is 0 Å². The van der Waals surface area contributed by atoms with E-state index in [1.54, 1.807) is 36.3 Å². The minimum atomic E-state index is -0.981. The Balaban J connectivity index is 1.39. The lowest BCUT2D eigenvalue weighted by Gasteiger charge is -2.28. The molecule has 0 spiro atoms. The van der Waals surface area contributed by atoms with Crippen LogP contribution in [0.5, 0.6) is 0 Å². The van der Waals surface area contributed by atoms with Gasteiger partial charge in [0.15, 0.2) is 0 Å². The van der Waals surface area contributed by atoms with Gasteiger partial charge < -0.3 is 16.0 Å². The molecule has 3 heterocycles. The average Bonchev–Trinajstić information content (AvgIpc) is 3.47. The average molecular weight is 453 g/mol. The van der Waals surface area contributed by atoms with Crippen LogP contribution in [0.25, 0.3) is 16.9 Å². The molecule has 8 nitrogen and oxygen atoms in total. The Kier molecular flexibility index (Phi) is 5.76. The molecule has 5 rings (SSSR count). The van der Waals surface area contributed by atoms with E-state index in [0.717, 1.165) is 19.4 Å². The quantitative estimate of drug-likeness (QED) is 0.531. The Bertz CT molecular complexity index is 1180. The molecule has 0 radical (unpaired) electrons. The van der Waals surface area contributed by atoms with E-state index in [4.69, 9.17) is 0 Å². The molecule has 1 aliphatic heterocycles. The molecule has 172 valence electrons. The number of amides is 1. The molecule has 1 saturated heterocycles. The number of rotatable bonds is 6. The lowest BCUT2D eigenvalue weighted by atomic mass is 10.0. The summed E-state index contributed by atoms with van der Waals surface area (Å²) in [6.07, 6.45) is 6.49. The molecule has 2 atom stereocenters. The van der Waals surface area contributed by atoms with E-state index >= 15 is 0 Å². The maximum Gasteiger partial charge on any atom is 0.254 e. The number of aryl methyl sites for hydroxylation is 1. The van der Waals surface area contributed by atoms with Crippen LogP contribution in [0.15, 0.2) is 36.8 Å². The molecule has 1 saturated carbocycles. The van der Waals surface area contributed by atoms with Gasteiger partial charge in [-0.2, -0.15) is 15.3 Å². The molecule has 0 bridgehead atoms. The zero-order valence-corrected chi connectivity index (χ0v) is 18.2. The number of nitrogens with one attached hydrogen (secondary N) is 3. The van der Waals surface area contributed by atoms with Gasteiger partial charge in [0.1, 0.15) is 12.0 Å². The number of hydrogen-bond acceptors (Lipinski definition) is 6. The third-order valence-electron chi connectivity index (χ3n) is 5.98. The summed E-state index contributed by atoms with van der Waals surface area (Å²) in [5.41, 5.74) is 3.18. The summed E-state index contributed by atoms with van der Waals surface area (Å²) in [7, 11) is 0. The number of nitrogens with zero attached hydrogens (tertiary/aromatic N) is 4. The highest BCUT2D eigenvalue weighted by molar-refractivity contribution is 5.95. The second-order valence-corrected chi connectivity index (χ2v) is 8.63. The summed E-state index contributed by atoms with van der Waals surface area (Å²) in [6, 6.07) is 4.51. The standard InChI is InChI=1S/C23H25F2N7O/c1-13-6-18(24)17(23(33)30-15-2-3-15)8-22(13)32-12-14(9-28-32)21-7-16(10-27-31-21)29-20-4-5-26-11-19(20)25/h6-10,12,15,19-20,26H,2-5,11H2,1H3,(H,29,31)(H,30,33)/t19-,20+/m1/s1. The lowest BCUT2D eigenvalue weighted by Crippen LogP contribution is -2.45. The molecule has 0 unspecified atom stereocenters. The third-order valence-corrected chi connectivity index (χ3v) is 5.98. The molecule has 2 aliphatic rings. The van der Waals surface area contributed by atoms with Crippen LogP contribution in [0.4, 0.5) is 14.5 Å². The molecule has 2 aromatic heterocycles. The van der Waals surface area contributed by atoms with Crippen molar-refractivity contribution >= 4 is 11.6 Å². The van der Waals surface area contributed by atoms with Gasteiger partial charge in [-0.25, -0.2) is 13.5 Å². The molecular formula is C23H25F2N7O. The van der Waals surface area contributed by atoms with Crippen LogP contribution >= 0.6 is 0 Å². The van der Waals surface area contributed by atoms with Crippen molar-refractivity contribution < 1.29 is 13.6 Å². The summed E-state index contributed by atoms with van der Waals surface area (Å²) >= 11 is 0. The van der Waals surface area contributed by atoms with Gasteiger partial charge in [-0.3, -0.25) is 4.79 Å². The normalized spacial score (nSPS) is 20.5. The highest BCUT2D eigenvalue weighted by atomic mass is 19.1. The van der Waals surface area contributed by atoms with Crippen LogP contribution < -0.4 is 16.0 Å². The predicted octanol–water partition coefficient (Wildman–Crippen LogP) is 2.78. The molecule has 1 amide bonds. The zero-order valence-electron chi connectivity index (χ0n) is 18.2. The number of aromatic nitrogens is 4. The summed E-state index contributed by atoms with van der Waals surface area (Å²) in [6.45, 7) is 2.85. The predicted molar refractivity (Wildman–Crippen MR) is 120 cm³/mol. The molecule has 10 heteroatoms. The topological polar surface area (TPSA) is 96.8 Å². The molecular weight excluding hydrogens is 428 g/mol. The Morgan fingerprint density at radius 1 is 1.21 bits per heavy atom. The van der Waals surface area contributed by atoms with E-state index in [-0.39, 0.29) is 17.6 Å². The van der Waals surface area contributed by atoms with Crippen LogP contribution in [0.3, 0.4) is 0 Å². The molecule has 33 heavy (non-hydrogen) atoms. The van der Waals surface area contributed by atoms with Gasteiger partial charge in [-0.1, -0.05) is 0 Å². The first-order valence-electron chi connectivity index (χ1n) is 11.1. The van der Waals surface area contributed by atoms with Gasteiger partial charge in [0.05, 0.1) is 41.1 Å². The fourth-order valence-electron chi connectivity index (χ4n) is 3.94. The van der Waals surface area contributed by atoms with Gasteiger partial charge in [-0.15, -0.1) is 0 Å². The van der Waals surface area contributed by atoms with Crippen LogP contribution in [0.1, 0.15) is 35.2 Å². The van der Waals surface area contributed by atoms with Crippen molar-refractivity contribution in [3.05, 3.63) is 53.7 Å². The summed E-state index contributed by atoms with van der Waals surface area (Å²) in [5.74, 6) is -0.979. The van der Waals surface area contributed by atoms with Gasteiger partial charge in [-0.05, 0) is 56.5 Å². The van der Waals surface area contributed by atoms with Gasteiger partial charge in [0, 0.05) is 24.3 Å². The van der Waals surface area contributed by atoms with Crippen molar-refractivity contribution in [3.63, 3.8) is 0 Å². The van der Waals surface area contributed by atoms with Gasteiger partial charge in [0.2, 0.25) is 0 Å². The molecule has 3 N–H and O–H groups in total. The van der Waals surface area contributed by atoms with Gasteiger partial charge in [0.25, 0.3) is 5.91 Å². The Morgan fingerprint density at radius 3 is 2.85 bits per heavy atom. The number of halogens is 2. The second-order valence-electron chi connectivity index (χ2n) is 8.63. The number of carbonyl (C=O) groups is 1. The van der Waals surface area contributed by atoms with Crippen LogP contribution in [-0.2, 0) is 0 Å². The SMILES string of the molecule is Cc1cc(F)c(C(=O)NC2CC2)cc1-n1cc(-c2cc(N[C@H]3CCNC[C@H]3F)cnn2)cn1. The fraction of sp³-hybridized carbons (Fsp3) is 0.391. The van der Waals surface area contributed by atoms with Crippen molar-refractivity contribution in [2.45, 2.75) is 44.4 Å². The van der Waals surface area contributed by atoms with E-state index in [1.165, 1.54) is 12.1 Å². The fourth-order valence-corrected chi connectivity index (χ4v) is 3.94. The van der Waals surface area contributed by atoms with E-state index in [1.807, 2.05) is 0 Å². The minimum Gasteiger partial charge on any atom is -0.378 e. The van der Waals surface area contributed by atoms with E-state index < -0.39 is 17.9 Å². The van der Waals surface area contributed by atoms with Crippen molar-refractivity contribution in [1.29, 1.82) is 0 Å². The first-order chi connectivity index (χ1) is 16.0. The maximum absolute atomic E-state index is 14.5. The van der Waals surface area contributed by atoms with E-state index in [2.05, 4.69) is 31.2 Å². The van der Waals surface area contributed by atoms with E-state index in [9.17, 15) is 13.6 Å². The highest BCUT2D eigenvalue weighted by Crippen LogP contribution is 2.25. The Labute approximate surface area is 189 Å². The Hall–Kier alpha value is -3.40. The molecule has 2 fully saturated rings. The number of benzene rings is 1. The lowest BCUT2D eigenvalue weighted by molar-refractivity contribution is 0.0947. The third kappa shape index (κ3) is 4.70. The first kappa shape index (κ1) is 21.4. The number of piperidine rings is 1. The molecule has 1 aliphatic carbocycles. The largest absolute Gasteiger partial charge is 0.378 e.